The average Bonchev–Trinajstić information content (AvgIpc) is 2.88. The molecule has 0 amide bonds. The summed E-state index contributed by atoms with van der Waals surface area (Å²) in [5.74, 6) is 0.920. The quantitative estimate of drug-likeness (QED) is 0.334. The van der Waals surface area contributed by atoms with Crippen molar-refractivity contribution in [3.63, 3.8) is 0 Å². The summed E-state index contributed by atoms with van der Waals surface area (Å²) in [6.07, 6.45) is -3.30. The van der Waals surface area contributed by atoms with Crippen LogP contribution in [0.15, 0.2) is 42.5 Å². The van der Waals surface area contributed by atoms with Gasteiger partial charge >= 0.3 is 0 Å². The Hall–Kier alpha value is -4.02. The summed E-state index contributed by atoms with van der Waals surface area (Å²) in [4.78, 5) is 0. The number of methoxy groups -OCH3 is 1. The van der Waals surface area contributed by atoms with Crippen molar-refractivity contribution in [2.45, 2.75) is 37.8 Å². The number of rotatable bonds is 6. The molecule has 2 heterocycles. The number of aliphatic hydroxyl groups excluding tert-OH is 2. The summed E-state index contributed by atoms with van der Waals surface area (Å²) in [5, 5.41) is 51.7. The molecule has 2 aliphatic rings. The summed E-state index contributed by atoms with van der Waals surface area (Å²) in [7, 11) is 1.42. The molecule has 3 aromatic carbocycles. The van der Waals surface area contributed by atoms with Gasteiger partial charge in [0.2, 0.25) is 5.75 Å². The Morgan fingerprint density at radius 2 is 1.65 bits per heavy atom. The number of phenols is 3. The molecule has 3 aromatic rings. The van der Waals surface area contributed by atoms with Gasteiger partial charge in [0, 0.05) is 35.2 Å². The maximum absolute atomic E-state index is 11.0. The smallest absolute Gasteiger partial charge is 0.203 e. The highest BCUT2D eigenvalue weighted by molar-refractivity contribution is 5.57. The van der Waals surface area contributed by atoms with E-state index in [1.165, 1.54) is 31.4 Å². The zero-order chi connectivity index (χ0) is 26.3. The van der Waals surface area contributed by atoms with Gasteiger partial charge < -0.3 is 49.2 Å². The molecule has 0 saturated heterocycles. The van der Waals surface area contributed by atoms with E-state index in [1.807, 2.05) is 6.92 Å². The molecule has 10 nitrogen and oxygen atoms in total. The number of benzene rings is 3. The van der Waals surface area contributed by atoms with E-state index in [4.69, 9.17) is 23.7 Å². The molecule has 0 fully saturated rings. The van der Waals surface area contributed by atoms with Crippen LogP contribution in [0.25, 0.3) is 0 Å². The second-order valence-electron chi connectivity index (χ2n) is 8.84. The fourth-order valence-corrected chi connectivity index (χ4v) is 4.71. The summed E-state index contributed by atoms with van der Waals surface area (Å²) < 4.78 is 28.9. The monoisotopic (exact) mass is 512 g/mol. The molecule has 37 heavy (non-hydrogen) atoms. The highest BCUT2D eigenvalue weighted by Crippen LogP contribution is 2.49. The van der Waals surface area contributed by atoms with Crippen LogP contribution in [0.1, 0.15) is 35.8 Å². The Morgan fingerprint density at radius 1 is 0.865 bits per heavy atom. The number of hydrogen-bond acceptors (Lipinski definition) is 10. The van der Waals surface area contributed by atoms with E-state index < -0.39 is 31.0 Å². The third kappa shape index (κ3) is 4.49. The van der Waals surface area contributed by atoms with Gasteiger partial charge in [0.05, 0.1) is 26.4 Å². The highest BCUT2D eigenvalue weighted by Gasteiger charge is 2.38. The van der Waals surface area contributed by atoms with Gasteiger partial charge in [-0.2, -0.15) is 0 Å². The van der Waals surface area contributed by atoms with Crippen LogP contribution in [-0.4, -0.2) is 58.1 Å². The first-order valence-corrected chi connectivity index (χ1v) is 11.8. The largest absolute Gasteiger partial charge is 0.508 e. The lowest BCUT2D eigenvalue weighted by Crippen LogP contribution is -2.36. The van der Waals surface area contributed by atoms with Crippen LogP contribution in [0, 0.1) is 0 Å². The Morgan fingerprint density at radius 3 is 2.38 bits per heavy atom. The van der Waals surface area contributed by atoms with Crippen molar-refractivity contribution in [3.8, 4) is 46.0 Å². The molecule has 0 radical (unpaired) electrons. The molecule has 5 N–H and O–H groups in total. The summed E-state index contributed by atoms with van der Waals surface area (Å²) in [5.41, 5.74) is 1.63. The molecule has 5 rings (SSSR count). The van der Waals surface area contributed by atoms with E-state index in [0.717, 1.165) is 0 Å². The molecule has 4 atom stereocenters. The van der Waals surface area contributed by atoms with Crippen molar-refractivity contribution in [1.29, 1.82) is 0 Å². The van der Waals surface area contributed by atoms with Gasteiger partial charge in [0.15, 0.2) is 41.3 Å². The molecule has 0 saturated carbocycles. The predicted molar refractivity (Wildman–Crippen MR) is 130 cm³/mol. The van der Waals surface area contributed by atoms with E-state index >= 15 is 0 Å². The fraction of sp³-hybridized carbons (Fsp3) is 0.333. The normalized spacial score (nSPS) is 22.1. The fourth-order valence-electron chi connectivity index (χ4n) is 4.71. The van der Waals surface area contributed by atoms with Crippen LogP contribution in [-0.2, 0) is 6.42 Å². The first kappa shape index (κ1) is 24.7. The number of aromatic hydroxyl groups is 3. The Balaban J connectivity index is 1.49. The van der Waals surface area contributed by atoms with Crippen LogP contribution in [0.4, 0.5) is 0 Å². The first-order valence-electron chi connectivity index (χ1n) is 11.8. The number of ether oxygens (including phenoxy) is 5. The summed E-state index contributed by atoms with van der Waals surface area (Å²) >= 11 is 0. The lowest BCUT2D eigenvalue weighted by molar-refractivity contribution is -0.0151. The van der Waals surface area contributed by atoms with Crippen molar-refractivity contribution in [2.24, 2.45) is 0 Å². The predicted octanol–water partition coefficient (Wildman–Crippen LogP) is 3.12. The summed E-state index contributed by atoms with van der Waals surface area (Å²) in [6.45, 7) is 1.80. The lowest BCUT2D eigenvalue weighted by atomic mass is 9.93. The molecule has 0 spiro atoms. The van der Waals surface area contributed by atoms with E-state index in [1.54, 1.807) is 18.2 Å². The molecule has 0 aromatic heterocycles. The van der Waals surface area contributed by atoms with Crippen molar-refractivity contribution >= 4 is 0 Å². The number of fused-ring (bicyclic) bond motifs is 2. The van der Waals surface area contributed by atoms with E-state index in [9.17, 15) is 25.5 Å². The van der Waals surface area contributed by atoms with Crippen molar-refractivity contribution in [3.05, 3.63) is 59.2 Å². The molecule has 196 valence electrons. The zero-order valence-electron chi connectivity index (χ0n) is 20.2. The molecule has 0 bridgehead atoms. The minimum Gasteiger partial charge on any atom is -0.508 e. The van der Waals surface area contributed by atoms with Crippen LogP contribution in [0.5, 0.6) is 46.0 Å². The SMILES string of the molecule is CCOc1cc(O)cc2c1CC(O)C(c1cc(O)c3c(c1)OC(c1ccc(O)c(OC)c1)C(CO)O3)O2. The van der Waals surface area contributed by atoms with Crippen LogP contribution in [0.2, 0.25) is 0 Å². The van der Waals surface area contributed by atoms with Crippen molar-refractivity contribution in [1.82, 2.24) is 0 Å². The molecule has 4 unspecified atom stereocenters. The Labute approximate surface area is 212 Å². The third-order valence-corrected chi connectivity index (χ3v) is 6.43. The lowest BCUT2D eigenvalue weighted by Gasteiger charge is -2.35. The molecule has 2 aliphatic heterocycles. The standard InChI is InChI=1S/C27H28O10/c1-3-34-20-9-15(29)10-21-16(20)11-19(32)25(35-21)14-6-18(31)27-23(8-14)36-26(24(12-28)37-27)13-4-5-17(30)22(7-13)33-2/h4-10,19,24-26,28-32H,3,11-12H2,1-2H3. The minimum absolute atomic E-state index is 0.0374. The van der Waals surface area contributed by atoms with Gasteiger partial charge in [-0.1, -0.05) is 6.07 Å². The Bertz CT molecular complexity index is 1310. The van der Waals surface area contributed by atoms with E-state index in [0.29, 0.717) is 34.8 Å². The van der Waals surface area contributed by atoms with Crippen molar-refractivity contribution < 1.29 is 49.2 Å². The maximum atomic E-state index is 11.0. The number of aliphatic hydroxyl groups is 2. The maximum Gasteiger partial charge on any atom is 0.203 e. The van der Waals surface area contributed by atoms with E-state index in [-0.39, 0.29) is 40.9 Å². The Kier molecular flexibility index (Phi) is 6.53. The van der Waals surface area contributed by atoms with Gasteiger partial charge in [-0.05, 0) is 31.2 Å². The second kappa shape index (κ2) is 9.79. The molecular weight excluding hydrogens is 484 g/mol. The van der Waals surface area contributed by atoms with Gasteiger partial charge in [-0.25, -0.2) is 0 Å². The van der Waals surface area contributed by atoms with Crippen molar-refractivity contribution in [2.75, 3.05) is 20.3 Å². The van der Waals surface area contributed by atoms with Gasteiger partial charge in [-0.3, -0.25) is 0 Å². The number of hydrogen-bond donors (Lipinski definition) is 5. The zero-order valence-corrected chi connectivity index (χ0v) is 20.2. The van der Waals surface area contributed by atoms with Gasteiger partial charge in [0.1, 0.15) is 17.2 Å². The van der Waals surface area contributed by atoms with Crippen LogP contribution in [0.3, 0.4) is 0 Å². The molecule has 0 aliphatic carbocycles. The number of phenolic OH excluding ortho intramolecular Hbond substituents is 3. The third-order valence-electron chi connectivity index (χ3n) is 6.43. The molecule has 10 heteroatoms. The average molecular weight is 513 g/mol. The highest BCUT2D eigenvalue weighted by atomic mass is 16.6. The van der Waals surface area contributed by atoms with Gasteiger partial charge in [-0.15, -0.1) is 0 Å². The summed E-state index contributed by atoms with van der Waals surface area (Å²) in [6, 6.07) is 10.6. The van der Waals surface area contributed by atoms with Crippen LogP contribution >= 0.6 is 0 Å². The van der Waals surface area contributed by atoms with E-state index in [2.05, 4.69) is 0 Å². The molecular formula is C27H28O10. The minimum atomic E-state index is -0.986. The van der Waals surface area contributed by atoms with Gasteiger partial charge in [0.25, 0.3) is 0 Å². The topological polar surface area (TPSA) is 147 Å². The second-order valence-corrected chi connectivity index (χ2v) is 8.84. The van der Waals surface area contributed by atoms with Crippen LogP contribution < -0.4 is 23.7 Å². The first-order chi connectivity index (χ1) is 17.8.